The van der Waals surface area contributed by atoms with E-state index in [4.69, 9.17) is 8.83 Å². The Morgan fingerprint density at radius 2 is 0.881 bits per heavy atom. The molecular formula is C56H35NO2. The molecule has 0 amide bonds. The Morgan fingerprint density at radius 3 is 1.69 bits per heavy atom. The lowest BCUT2D eigenvalue weighted by molar-refractivity contribution is 0.669. The smallest absolute Gasteiger partial charge is 0.145 e. The van der Waals surface area contributed by atoms with Gasteiger partial charge in [0.1, 0.15) is 22.3 Å². The van der Waals surface area contributed by atoms with Crippen LogP contribution in [0.3, 0.4) is 0 Å². The minimum Gasteiger partial charge on any atom is -0.456 e. The van der Waals surface area contributed by atoms with E-state index >= 15 is 0 Å². The van der Waals surface area contributed by atoms with Crippen molar-refractivity contribution >= 4 is 82.5 Å². The minimum atomic E-state index is 0.859. The summed E-state index contributed by atoms with van der Waals surface area (Å²) in [6.07, 6.45) is 0. The summed E-state index contributed by atoms with van der Waals surface area (Å²) in [6.45, 7) is 0. The third-order valence-corrected chi connectivity index (χ3v) is 11.9. The van der Waals surface area contributed by atoms with E-state index in [9.17, 15) is 0 Å². The molecule has 12 aromatic rings. The maximum Gasteiger partial charge on any atom is 0.145 e. The maximum atomic E-state index is 6.84. The molecule has 3 nitrogen and oxygen atoms in total. The van der Waals surface area contributed by atoms with Crippen LogP contribution in [0, 0.1) is 0 Å². The lowest BCUT2D eigenvalue weighted by Gasteiger charge is -2.27. The first-order chi connectivity index (χ1) is 29.2. The monoisotopic (exact) mass is 753 g/mol. The van der Waals surface area contributed by atoms with Gasteiger partial charge in [0.25, 0.3) is 0 Å². The highest BCUT2D eigenvalue weighted by atomic mass is 16.3. The molecule has 2 aromatic heterocycles. The van der Waals surface area contributed by atoms with Crippen LogP contribution < -0.4 is 4.90 Å². The Labute approximate surface area is 340 Å². The van der Waals surface area contributed by atoms with Crippen molar-refractivity contribution in [1.29, 1.82) is 0 Å². The second-order valence-electron chi connectivity index (χ2n) is 15.2. The summed E-state index contributed by atoms with van der Waals surface area (Å²) in [5.74, 6) is 0. The number of anilines is 3. The van der Waals surface area contributed by atoms with Crippen LogP contribution in [0.15, 0.2) is 221 Å². The summed E-state index contributed by atoms with van der Waals surface area (Å²) >= 11 is 0. The predicted octanol–water partition coefficient (Wildman–Crippen LogP) is 16.3. The van der Waals surface area contributed by atoms with E-state index in [0.29, 0.717) is 0 Å². The number of furan rings is 2. The average molecular weight is 754 g/mol. The van der Waals surface area contributed by atoms with Crippen LogP contribution in [-0.4, -0.2) is 0 Å². The number of nitrogens with zero attached hydrogens (tertiary/aromatic N) is 1. The molecule has 59 heavy (non-hydrogen) atoms. The minimum absolute atomic E-state index is 0.859. The molecule has 0 bridgehead atoms. The zero-order valence-electron chi connectivity index (χ0n) is 32.0. The molecular weight excluding hydrogens is 719 g/mol. The van der Waals surface area contributed by atoms with Gasteiger partial charge in [-0.15, -0.1) is 0 Å². The van der Waals surface area contributed by atoms with Gasteiger partial charge in [0.15, 0.2) is 0 Å². The van der Waals surface area contributed by atoms with Crippen LogP contribution >= 0.6 is 0 Å². The van der Waals surface area contributed by atoms with Crippen molar-refractivity contribution in [3.8, 4) is 33.4 Å². The molecule has 0 unspecified atom stereocenters. The van der Waals surface area contributed by atoms with Gasteiger partial charge >= 0.3 is 0 Å². The zero-order valence-corrected chi connectivity index (χ0v) is 32.0. The molecule has 0 aliphatic heterocycles. The van der Waals surface area contributed by atoms with Crippen LogP contribution in [0.25, 0.3) is 98.8 Å². The highest BCUT2D eigenvalue weighted by Crippen LogP contribution is 2.47. The molecule has 0 N–H and O–H groups in total. The fourth-order valence-corrected chi connectivity index (χ4v) is 9.07. The van der Waals surface area contributed by atoms with Crippen molar-refractivity contribution in [3.63, 3.8) is 0 Å². The van der Waals surface area contributed by atoms with E-state index in [0.717, 1.165) is 83.2 Å². The molecule has 10 aromatic carbocycles. The second-order valence-corrected chi connectivity index (χ2v) is 15.2. The van der Waals surface area contributed by atoms with Crippen LogP contribution in [-0.2, 0) is 0 Å². The lowest BCUT2D eigenvalue weighted by Crippen LogP contribution is -2.10. The normalized spacial score (nSPS) is 11.7. The first-order valence-electron chi connectivity index (χ1n) is 20.1. The molecule has 0 saturated carbocycles. The van der Waals surface area contributed by atoms with Crippen molar-refractivity contribution < 1.29 is 8.83 Å². The molecule has 0 radical (unpaired) electrons. The Hall–Kier alpha value is -7.88. The Morgan fingerprint density at radius 1 is 0.305 bits per heavy atom. The number of para-hydroxylation sites is 2. The Balaban J connectivity index is 1.06. The van der Waals surface area contributed by atoms with Gasteiger partial charge in [0.05, 0.1) is 11.1 Å². The Kier molecular flexibility index (Phi) is 7.54. The Bertz CT molecular complexity index is 3540. The van der Waals surface area contributed by atoms with Gasteiger partial charge in [-0.3, -0.25) is 0 Å². The number of benzene rings is 10. The predicted molar refractivity (Wildman–Crippen MR) is 247 cm³/mol. The van der Waals surface area contributed by atoms with E-state index < -0.39 is 0 Å². The molecule has 0 saturated heterocycles. The number of hydrogen-bond acceptors (Lipinski definition) is 3. The van der Waals surface area contributed by atoms with E-state index in [-0.39, 0.29) is 0 Å². The lowest BCUT2D eigenvalue weighted by atomic mass is 9.96. The van der Waals surface area contributed by atoms with E-state index in [1.807, 2.05) is 18.2 Å². The first kappa shape index (κ1) is 33.3. The van der Waals surface area contributed by atoms with Gasteiger partial charge in [-0.1, -0.05) is 158 Å². The summed E-state index contributed by atoms with van der Waals surface area (Å²) in [7, 11) is 0. The van der Waals surface area contributed by atoms with Crippen molar-refractivity contribution in [2.45, 2.75) is 0 Å². The molecule has 2 heterocycles. The largest absolute Gasteiger partial charge is 0.456 e. The van der Waals surface area contributed by atoms with Gasteiger partial charge < -0.3 is 13.7 Å². The third-order valence-electron chi connectivity index (χ3n) is 11.9. The fraction of sp³-hybridized carbons (Fsp3) is 0. The quantitative estimate of drug-likeness (QED) is 0.158. The van der Waals surface area contributed by atoms with Gasteiger partial charge in [-0.25, -0.2) is 0 Å². The second kappa shape index (κ2) is 13.4. The van der Waals surface area contributed by atoms with Crippen LogP contribution in [0.1, 0.15) is 0 Å². The number of hydrogen-bond donors (Lipinski definition) is 0. The maximum absolute atomic E-state index is 6.84. The molecule has 3 heteroatoms. The summed E-state index contributed by atoms with van der Waals surface area (Å²) in [5.41, 5.74) is 13.5. The van der Waals surface area contributed by atoms with Crippen molar-refractivity contribution in [1.82, 2.24) is 0 Å². The van der Waals surface area contributed by atoms with Crippen molar-refractivity contribution in [2.24, 2.45) is 0 Å². The van der Waals surface area contributed by atoms with Gasteiger partial charge in [-0.05, 0) is 104 Å². The van der Waals surface area contributed by atoms with Crippen LogP contribution in [0.4, 0.5) is 17.1 Å². The van der Waals surface area contributed by atoms with E-state index in [2.05, 4.69) is 199 Å². The SMILES string of the molecule is c1ccc(-c2ccc(-c3ccc(N(c4ccc(-c5cccc6oc7ccccc7c56)cc4)c4ccc5c(ccc6ccccc65)c4)c4c3oc3ccccc34)cc2)cc1. The van der Waals surface area contributed by atoms with Crippen molar-refractivity contribution in [2.75, 3.05) is 4.90 Å². The summed E-state index contributed by atoms with van der Waals surface area (Å²) < 4.78 is 13.1. The first-order valence-corrected chi connectivity index (χ1v) is 20.1. The topological polar surface area (TPSA) is 29.5 Å². The summed E-state index contributed by atoms with van der Waals surface area (Å²) in [4.78, 5) is 2.39. The summed E-state index contributed by atoms with van der Waals surface area (Å²) in [6, 6.07) is 75.7. The molecule has 12 rings (SSSR count). The highest BCUT2D eigenvalue weighted by Gasteiger charge is 2.23. The summed E-state index contributed by atoms with van der Waals surface area (Å²) in [5, 5.41) is 9.30. The number of rotatable bonds is 6. The van der Waals surface area contributed by atoms with Crippen molar-refractivity contribution in [3.05, 3.63) is 212 Å². The fourth-order valence-electron chi connectivity index (χ4n) is 9.07. The van der Waals surface area contributed by atoms with Crippen LogP contribution in [0.5, 0.6) is 0 Å². The van der Waals surface area contributed by atoms with E-state index in [1.165, 1.54) is 32.7 Å². The van der Waals surface area contributed by atoms with Gasteiger partial charge in [-0.2, -0.15) is 0 Å². The molecule has 276 valence electrons. The average Bonchev–Trinajstić information content (AvgIpc) is 3.89. The van der Waals surface area contributed by atoms with Gasteiger partial charge in [0.2, 0.25) is 0 Å². The molecule has 0 aliphatic rings. The number of fused-ring (bicyclic) bond motifs is 9. The van der Waals surface area contributed by atoms with E-state index in [1.54, 1.807) is 0 Å². The third kappa shape index (κ3) is 5.44. The molecule has 0 atom stereocenters. The standard InChI is InChI=1S/C56H35NO2/c1-2-11-36(12-3-1)37-21-23-40(24-22-37)47-33-34-50(55-49-16-7-9-19-52(49)59-56(47)55)57(43-31-32-45-41(35-43)26-25-38-13-4-5-14-44(38)45)42-29-27-39(28-30-42)46-17-10-20-53-54(46)48-15-6-8-18-51(48)58-53/h1-35H. The van der Waals surface area contributed by atoms with Crippen LogP contribution in [0.2, 0.25) is 0 Å². The molecule has 0 spiro atoms. The molecule has 0 aliphatic carbocycles. The highest BCUT2D eigenvalue weighted by molar-refractivity contribution is 6.18. The van der Waals surface area contributed by atoms with Gasteiger partial charge in [0, 0.05) is 33.1 Å². The zero-order chi connectivity index (χ0) is 38.9. The molecule has 0 fully saturated rings.